The van der Waals surface area contributed by atoms with Gasteiger partial charge in [0.1, 0.15) is 11.5 Å². The molecule has 0 aliphatic carbocycles. The predicted molar refractivity (Wildman–Crippen MR) is 120 cm³/mol. The van der Waals surface area contributed by atoms with Crippen molar-refractivity contribution >= 4 is 23.4 Å². The molecule has 6 nitrogen and oxygen atoms in total. The average Bonchev–Trinajstić information content (AvgIpc) is 3.29. The van der Waals surface area contributed by atoms with Crippen molar-refractivity contribution in [2.24, 2.45) is 4.99 Å². The van der Waals surface area contributed by atoms with Gasteiger partial charge in [-0.05, 0) is 43.0 Å². The molecule has 0 saturated carbocycles. The maximum atomic E-state index is 13.4. The highest BCUT2D eigenvalue weighted by atomic mass is 32.1. The first kappa shape index (κ1) is 21.1. The highest BCUT2D eigenvalue weighted by Crippen LogP contribution is 2.31. The smallest absolute Gasteiger partial charge is 0.338 e. The van der Waals surface area contributed by atoms with Crippen molar-refractivity contribution in [1.29, 1.82) is 0 Å². The third kappa shape index (κ3) is 3.81. The van der Waals surface area contributed by atoms with Crippen LogP contribution in [0.2, 0.25) is 0 Å². The summed E-state index contributed by atoms with van der Waals surface area (Å²) in [6.07, 6.45) is 1.72. The SMILES string of the molecule is COC(=O)C1=C(C)N=c2s/c(=C/c3ccc(C)o3)c(=O)n2[C@@H]1c1ccc(C(C)C)cc1. The molecule has 2 aromatic heterocycles. The Bertz CT molecular complexity index is 1350. The van der Waals surface area contributed by atoms with E-state index in [4.69, 9.17) is 9.15 Å². The van der Waals surface area contributed by atoms with E-state index >= 15 is 0 Å². The summed E-state index contributed by atoms with van der Waals surface area (Å²) in [4.78, 5) is 31.2. The fourth-order valence-corrected chi connectivity index (χ4v) is 4.76. The molecule has 7 heteroatoms. The van der Waals surface area contributed by atoms with Crippen LogP contribution in [0.1, 0.15) is 55.4 Å². The second-order valence-corrected chi connectivity index (χ2v) is 8.85. The zero-order chi connectivity index (χ0) is 22.3. The molecule has 1 atom stereocenters. The Morgan fingerprint density at radius 3 is 2.48 bits per heavy atom. The quantitative estimate of drug-likeness (QED) is 0.588. The number of rotatable bonds is 4. The summed E-state index contributed by atoms with van der Waals surface area (Å²) >= 11 is 1.28. The van der Waals surface area contributed by atoms with Gasteiger partial charge in [0.15, 0.2) is 4.80 Å². The molecule has 4 rings (SSSR count). The van der Waals surface area contributed by atoms with Gasteiger partial charge in [-0.1, -0.05) is 49.4 Å². The molecule has 0 fully saturated rings. The van der Waals surface area contributed by atoms with Gasteiger partial charge in [-0.15, -0.1) is 0 Å². The van der Waals surface area contributed by atoms with Crippen molar-refractivity contribution in [2.45, 2.75) is 39.7 Å². The van der Waals surface area contributed by atoms with Crippen LogP contribution in [0.3, 0.4) is 0 Å². The summed E-state index contributed by atoms with van der Waals surface area (Å²) in [6.45, 7) is 7.87. The standard InChI is InChI=1S/C24H24N2O4S/c1-13(2)16-7-9-17(10-8-16)21-20(23(28)29-5)15(4)25-24-26(21)22(27)19(31-24)12-18-11-6-14(3)30-18/h6-13,21H,1-5H3/b19-12+/t21-/m1/s1. The largest absolute Gasteiger partial charge is 0.466 e. The fraction of sp³-hybridized carbons (Fsp3) is 0.292. The molecule has 0 bridgehead atoms. The van der Waals surface area contributed by atoms with Crippen molar-refractivity contribution in [2.75, 3.05) is 7.11 Å². The number of allylic oxidation sites excluding steroid dienone is 1. The molecule has 1 aromatic carbocycles. The van der Waals surface area contributed by atoms with Crippen molar-refractivity contribution < 1.29 is 13.9 Å². The summed E-state index contributed by atoms with van der Waals surface area (Å²) in [5, 5.41) is 0. The van der Waals surface area contributed by atoms with E-state index in [0.29, 0.717) is 32.3 Å². The van der Waals surface area contributed by atoms with Gasteiger partial charge in [0, 0.05) is 6.08 Å². The van der Waals surface area contributed by atoms with Crippen LogP contribution in [0.25, 0.3) is 6.08 Å². The number of hydrogen-bond donors (Lipinski definition) is 0. The number of aryl methyl sites for hydroxylation is 1. The van der Waals surface area contributed by atoms with Crippen LogP contribution in [-0.4, -0.2) is 17.6 Å². The van der Waals surface area contributed by atoms with Gasteiger partial charge in [-0.3, -0.25) is 9.36 Å². The number of aromatic nitrogens is 1. The molecule has 0 radical (unpaired) electrons. The monoisotopic (exact) mass is 436 g/mol. The first-order valence-electron chi connectivity index (χ1n) is 10.1. The van der Waals surface area contributed by atoms with Crippen molar-refractivity contribution in [1.82, 2.24) is 4.57 Å². The third-order valence-electron chi connectivity index (χ3n) is 5.38. The van der Waals surface area contributed by atoms with Crippen LogP contribution in [-0.2, 0) is 9.53 Å². The zero-order valence-electron chi connectivity index (χ0n) is 18.1. The van der Waals surface area contributed by atoms with Crippen molar-refractivity contribution in [3.63, 3.8) is 0 Å². The molecule has 1 aliphatic heterocycles. The Hall–Kier alpha value is -3.19. The van der Waals surface area contributed by atoms with E-state index in [1.165, 1.54) is 24.0 Å². The Labute approximate surface area is 183 Å². The molecule has 31 heavy (non-hydrogen) atoms. The van der Waals surface area contributed by atoms with E-state index < -0.39 is 12.0 Å². The normalized spacial score (nSPS) is 16.5. The molecule has 0 N–H and O–H groups in total. The Balaban J connectivity index is 1.95. The highest BCUT2D eigenvalue weighted by Gasteiger charge is 2.33. The molecule has 0 unspecified atom stereocenters. The van der Waals surface area contributed by atoms with E-state index in [1.54, 1.807) is 17.6 Å². The summed E-state index contributed by atoms with van der Waals surface area (Å²) in [5.41, 5.74) is 2.72. The van der Waals surface area contributed by atoms with Gasteiger partial charge in [0.2, 0.25) is 0 Å². The number of nitrogens with zero attached hydrogens (tertiary/aromatic N) is 2. The van der Waals surface area contributed by atoms with Crippen LogP contribution in [0.5, 0.6) is 0 Å². The van der Waals surface area contributed by atoms with Gasteiger partial charge < -0.3 is 9.15 Å². The molecular weight excluding hydrogens is 412 g/mol. The average molecular weight is 437 g/mol. The number of benzene rings is 1. The number of esters is 1. The van der Waals surface area contributed by atoms with Crippen LogP contribution in [0.4, 0.5) is 0 Å². The molecule has 3 aromatic rings. The molecule has 1 aliphatic rings. The van der Waals surface area contributed by atoms with Gasteiger partial charge in [0.05, 0.1) is 29.0 Å². The van der Waals surface area contributed by atoms with Crippen molar-refractivity contribution in [3.8, 4) is 0 Å². The van der Waals surface area contributed by atoms with Crippen LogP contribution in [0, 0.1) is 6.92 Å². The predicted octanol–water partition coefficient (Wildman–Crippen LogP) is 3.43. The number of carbonyl (C=O) groups excluding carboxylic acids is 1. The van der Waals surface area contributed by atoms with Crippen LogP contribution in [0.15, 0.2) is 61.9 Å². The number of furan rings is 1. The number of methoxy groups -OCH3 is 1. The number of carbonyl (C=O) groups is 1. The second-order valence-electron chi connectivity index (χ2n) is 7.84. The maximum Gasteiger partial charge on any atom is 0.338 e. The van der Waals surface area contributed by atoms with E-state index in [2.05, 4.69) is 18.8 Å². The van der Waals surface area contributed by atoms with Gasteiger partial charge in [-0.25, -0.2) is 9.79 Å². The lowest BCUT2D eigenvalue weighted by Gasteiger charge is -2.24. The minimum absolute atomic E-state index is 0.218. The minimum atomic E-state index is -0.606. The summed E-state index contributed by atoms with van der Waals surface area (Å²) in [5.74, 6) is 1.26. The van der Waals surface area contributed by atoms with E-state index in [-0.39, 0.29) is 5.56 Å². The molecule has 3 heterocycles. The van der Waals surface area contributed by atoms with Gasteiger partial charge >= 0.3 is 5.97 Å². The Morgan fingerprint density at radius 2 is 1.90 bits per heavy atom. The zero-order valence-corrected chi connectivity index (χ0v) is 18.9. The molecule has 0 amide bonds. The van der Waals surface area contributed by atoms with Crippen LogP contribution < -0.4 is 14.9 Å². The molecule has 0 spiro atoms. The van der Waals surface area contributed by atoms with Crippen LogP contribution >= 0.6 is 11.3 Å². The topological polar surface area (TPSA) is 73.8 Å². The summed E-state index contributed by atoms with van der Waals surface area (Å²) < 4.78 is 12.7. The van der Waals surface area contributed by atoms with Gasteiger partial charge in [0.25, 0.3) is 5.56 Å². The molecule has 160 valence electrons. The Morgan fingerprint density at radius 1 is 1.19 bits per heavy atom. The Kier molecular flexibility index (Phi) is 5.54. The number of hydrogen-bond acceptors (Lipinski definition) is 6. The van der Waals surface area contributed by atoms with Gasteiger partial charge in [-0.2, -0.15) is 0 Å². The highest BCUT2D eigenvalue weighted by molar-refractivity contribution is 7.07. The lowest BCUT2D eigenvalue weighted by molar-refractivity contribution is -0.136. The lowest BCUT2D eigenvalue weighted by Crippen LogP contribution is -2.39. The number of fused-ring (bicyclic) bond motifs is 1. The molecular formula is C24H24N2O4S. The summed E-state index contributed by atoms with van der Waals surface area (Å²) in [6, 6.07) is 11.1. The minimum Gasteiger partial charge on any atom is -0.466 e. The summed E-state index contributed by atoms with van der Waals surface area (Å²) in [7, 11) is 1.34. The number of thiazole rings is 1. The first-order chi connectivity index (χ1) is 14.8. The molecule has 0 saturated heterocycles. The van der Waals surface area contributed by atoms with E-state index in [9.17, 15) is 9.59 Å². The maximum absolute atomic E-state index is 13.4. The lowest BCUT2D eigenvalue weighted by atomic mass is 9.93. The van der Waals surface area contributed by atoms with E-state index in [1.807, 2.05) is 43.3 Å². The van der Waals surface area contributed by atoms with E-state index in [0.717, 1.165) is 11.3 Å². The van der Waals surface area contributed by atoms with Crippen molar-refractivity contribution in [3.05, 3.63) is 90.0 Å². The second kappa shape index (κ2) is 8.15. The third-order valence-corrected chi connectivity index (χ3v) is 6.36. The number of ether oxygens (including phenoxy) is 1. The first-order valence-corrected chi connectivity index (χ1v) is 10.9. The fourth-order valence-electron chi connectivity index (χ4n) is 3.73.